The van der Waals surface area contributed by atoms with Crippen molar-refractivity contribution in [1.82, 2.24) is 0 Å². The van der Waals surface area contributed by atoms with Crippen molar-refractivity contribution in [3.05, 3.63) is 12.2 Å². The van der Waals surface area contributed by atoms with E-state index in [-0.39, 0.29) is 12.1 Å². The third-order valence-corrected chi connectivity index (χ3v) is 2.92. The second-order valence-electron chi connectivity index (χ2n) is 4.41. The average Bonchev–Trinajstić information content (AvgIpc) is 2.51. The minimum Gasteiger partial charge on any atom is -0.462 e. The fraction of sp³-hybridized carbons (Fsp3) is 0.769. The first-order chi connectivity index (χ1) is 7.24. The van der Waals surface area contributed by atoms with Gasteiger partial charge in [-0.05, 0) is 12.8 Å². The van der Waals surface area contributed by atoms with Crippen molar-refractivity contribution in [2.45, 2.75) is 58.5 Å². The molecule has 0 aromatic carbocycles. The summed E-state index contributed by atoms with van der Waals surface area (Å²) >= 11 is 0. The van der Waals surface area contributed by atoms with Crippen LogP contribution in [0.3, 0.4) is 0 Å². The SMILES string of the molecule is CCCCC/C=C\C[C@@H]1OC(=O)C[C@H]1C. The first-order valence-electron chi connectivity index (χ1n) is 6.08. The van der Waals surface area contributed by atoms with Gasteiger partial charge in [0, 0.05) is 12.3 Å². The van der Waals surface area contributed by atoms with Crippen LogP contribution in [0.25, 0.3) is 0 Å². The van der Waals surface area contributed by atoms with E-state index in [0.29, 0.717) is 12.3 Å². The predicted octanol–water partition coefficient (Wildman–Crippen LogP) is 3.46. The Labute approximate surface area is 92.7 Å². The number of cyclic esters (lactones) is 1. The number of rotatable bonds is 6. The molecule has 0 radical (unpaired) electrons. The summed E-state index contributed by atoms with van der Waals surface area (Å²) in [5, 5.41) is 0. The van der Waals surface area contributed by atoms with Gasteiger partial charge in [0.15, 0.2) is 0 Å². The Bertz CT molecular complexity index is 221. The molecule has 0 bridgehead atoms. The molecule has 0 aliphatic carbocycles. The molecule has 1 aliphatic heterocycles. The van der Waals surface area contributed by atoms with Crippen molar-refractivity contribution in [1.29, 1.82) is 0 Å². The van der Waals surface area contributed by atoms with Crippen LogP contribution in [0.1, 0.15) is 52.4 Å². The summed E-state index contributed by atoms with van der Waals surface area (Å²) in [5.41, 5.74) is 0. The fourth-order valence-electron chi connectivity index (χ4n) is 1.87. The monoisotopic (exact) mass is 210 g/mol. The largest absolute Gasteiger partial charge is 0.462 e. The summed E-state index contributed by atoms with van der Waals surface area (Å²) in [6, 6.07) is 0. The van der Waals surface area contributed by atoms with Crippen molar-refractivity contribution in [2.24, 2.45) is 5.92 Å². The maximum absolute atomic E-state index is 11.0. The number of unbranched alkanes of at least 4 members (excludes halogenated alkanes) is 3. The number of carbonyl (C=O) groups excluding carboxylic acids is 1. The molecular formula is C13H22O2. The average molecular weight is 210 g/mol. The van der Waals surface area contributed by atoms with E-state index in [1.807, 2.05) is 0 Å². The molecule has 2 heteroatoms. The molecule has 1 aliphatic rings. The zero-order chi connectivity index (χ0) is 11.1. The summed E-state index contributed by atoms with van der Waals surface area (Å²) in [6.45, 7) is 4.30. The van der Waals surface area contributed by atoms with E-state index < -0.39 is 0 Å². The highest BCUT2D eigenvalue weighted by molar-refractivity contribution is 5.72. The van der Waals surface area contributed by atoms with Gasteiger partial charge in [-0.15, -0.1) is 0 Å². The van der Waals surface area contributed by atoms with E-state index in [9.17, 15) is 4.79 Å². The quantitative estimate of drug-likeness (QED) is 0.381. The lowest BCUT2D eigenvalue weighted by molar-refractivity contribution is -0.141. The Morgan fingerprint density at radius 1 is 1.40 bits per heavy atom. The van der Waals surface area contributed by atoms with Crippen molar-refractivity contribution in [3.63, 3.8) is 0 Å². The second kappa shape index (κ2) is 6.65. The molecule has 15 heavy (non-hydrogen) atoms. The highest BCUT2D eigenvalue weighted by Gasteiger charge is 2.29. The van der Waals surface area contributed by atoms with Gasteiger partial charge in [-0.1, -0.05) is 38.8 Å². The number of hydrogen-bond donors (Lipinski definition) is 0. The summed E-state index contributed by atoms with van der Waals surface area (Å²) in [5.74, 6) is 0.352. The number of hydrogen-bond acceptors (Lipinski definition) is 2. The lowest BCUT2D eigenvalue weighted by atomic mass is 10.0. The number of carbonyl (C=O) groups is 1. The van der Waals surface area contributed by atoms with Crippen LogP contribution in [-0.2, 0) is 9.53 Å². The minimum atomic E-state index is -0.0353. The van der Waals surface area contributed by atoms with Gasteiger partial charge in [-0.2, -0.15) is 0 Å². The minimum absolute atomic E-state index is 0.0353. The van der Waals surface area contributed by atoms with Gasteiger partial charge in [0.25, 0.3) is 0 Å². The van der Waals surface area contributed by atoms with E-state index in [1.165, 1.54) is 19.3 Å². The van der Waals surface area contributed by atoms with Crippen LogP contribution >= 0.6 is 0 Å². The number of esters is 1. The lowest BCUT2D eigenvalue weighted by Gasteiger charge is -2.10. The molecule has 0 unspecified atom stereocenters. The molecule has 0 spiro atoms. The molecule has 2 nitrogen and oxygen atoms in total. The lowest BCUT2D eigenvalue weighted by Crippen LogP contribution is -2.11. The fourth-order valence-corrected chi connectivity index (χ4v) is 1.87. The van der Waals surface area contributed by atoms with Crippen molar-refractivity contribution < 1.29 is 9.53 Å². The van der Waals surface area contributed by atoms with E-state index >= 15 is 0 Å². The van der Waals surface area contributed by atoms with E-state index in [4.69, 9.17) is 4.74 Å². The standard InChI is InChI=1S/C13H22O2/c1-3-4-5-6-7-8-9-12-11(2)10-13(14)15-12/h7-8,11-12H,3-6,9-10H2,1-2H3/b8-7-/t11-,12+/m1/s1. The van der Waals surface area contributed by atoms with Gasteiger partial charge in [-0.25, -0.2) is 0 Å². The van der Waals surface area contributed by atoms with Crippen molar-refractivity contribution in [3.8, 4) is 0 Å². The summed E-state index contributed by atoms with van der Waals surface area (Å²) < 4.78 is 5.21. The summed E-state index contributed by atoms with van der Waals surface area (Å²) in [4.78, 5) is 11.0. The third-order valence-electron chi connectivity index (χ3n) is 2.92. The highest BCUT2D eigenvalue weighted by Crippen LogP contribution is 2.24. The Morgan fingerprint density at radius 2 is 2.20 bits per heavy atom. The molecule has 0 N–H and O–H groups in total. The maximum Gasteiger partial charge on any atom is 0.306 e. The van der Waals surface area contributed by atoms with Crippen LogP contribution in [0.4, 0.5) is 0 Å². The summed E-state index contributed by atoms with van der Waals surface area (Å²) in [6.07, 6.45) is 11.0. The zero-order valence-electron chi connectivity index (χ0n) is 9.87. The Kier molecular flexibility index (Phi) is 5.44. The van der Waals surface area contributed by atoms with Crippen molar-refractivity contribution in [2.75, 3.05) is 0 Å². The van der Waals surface area contributed by atoms with Crippen LogP contribution < -0.4 is 0 Å². The Morgan fingerprint density at radius 3 is 2.80 bits per heavy atom. The summed E-state index contributed by atoms with van der Waals surface area (Å²) in [7, 11) is 0. The molecule has 1 fully saturated rings. The van der Waals surface area contributed by atoms with Crippen LogP contribution in [0, 0.1) is 5.92 Å². The highest BCUT2D eigenvalue weighted by atomic mass is 16.5. The van der Waals surface area contributed by atoms with E-state index in [2.05, 4.69) is 26.0 Å². The zero-order valence-corrected chi connectivity index (χ0v) is 9.87. The van der Waals surface area contributed by atoms with E-state index in [0.717, 1.165) is 12.8 Å². The molecule has 1 rings (SSSR count). The van der Waals surface area contributed by atoms with E-state index in [1.54, 1.807) is 0 Å². The smallest absolute Gasteiger partial charge is 0.306 e. The van der Waals surface area contributed by atoms with Crippen molar-refractivity contribution >= 4 is 5.97 Å². The molecule has 2 atom stereocenters. The molecule has 1 heterocycles. The normalized spacial score (nSPS) is 26.1. The van der Waals surface area contributed by atoms with Crippen LogP contribution in [0.15, 0.2) is 12.2 Å². The third kappa shape index (κ3) is 4.50. The first kappa shape index (κ1) is 12.3. The molecule has 0 aromatic rings. The topological polar surface area (TPSA) is 26.3 Å². The van der Waals surface area contributed by atoms with Gasteiger partial charge < -0.3 is 4.74 Å². The molecule has 86 valence electrons. The van der Waals surface area contributed by atoms with Crippen LogP contribution in [-0.4, -0.2) is 12.1 Å². The second-order valence-corrected chi connectivity index (χ2v) is 4.41. The molecule has 0 aromatic heterocycles. The van der Waals surface area contributed by atoms with Gasteiger partial charge in [0.05, 0.1) is 6.42 Å². The van der Waals surface area contributed by atoms with Gasteiger partial charge in [0.2, 0.25) is 0 Å². The number of allylic oxidation sites excluding steroid dienone is 1. The Hall–Kier alpha value is -0.790. The van der Waals surface area contributed by atoms with Crippen LogP contribution in [0.2, 0.25) is 0 Å². The van der Waals surface area contributed by atoms with Crippen LogP contribution in [0.5, 0.6) is 0 Å². The molecular weight excluding hydrogens is 188 g/mol. The molecule has 0 saturated carbocycles. The molecule has 1 saturated heterocycles. The van der Waals surface area contributed by atoms with Gasteiger partial charge >= 0.3 is 5.97 Å². The van der Waals surface area contributed by atoms with Gasteiger partial charge in [0.1, 0.15) is 6.10 Å². The maximum atomic E-state index is 11.0. The Balaban J connectivity index is 2.11. The molecule has 0 amide bonds. The van der Waals surface area contributed by atoms with Gasteiger partial charge in [-0.3, -0.25) is 4.79 Å². The first-order valence-corrected chi connectivity index (χ1v) is 6.08. The number of ether oxygens (including phenoxy) is 1. The predicted molar refractivity (Wildman–Crippen MR) is 61.6 cm³/mol.